The van der Waals surface area contributed by atoms with Crippen molar-refractivity contribution in [2.45, 2.75) is 70.5 Å². The highest BCUT2D eigenvalue weighted by molar-refractivity contribution is 5.80. The first kappa shape index (κ1) is 15.3. The van der Waals surface area contributed by atoms with Crippen molar-refractivity contribution in [1.82, 2.24) is 9.80 Å². The van der Waals surface area contributed by atoms with Gasteiger partial charge in [0.15, 0.2) is 0 Å². The summed E-state index contributed by atoms with van der Waals surface area (Å²) in [5, 5.41) is 9.18. The van der Waals surface area contributed by atoms with Crippen LogP contribution in [0.5, 0.6) is 0 Å². The van der Waals surface area contributed by atoms with E-state index in [4.69, 9.17) is 0 Å². The molecule has 2 fully saturated rings. The lowest BCUT2D eigenvalue weighted by Crippen LogP contribution is -2.51. The van der Waals surface area contributed by atoms with Gasteiger partial charge in [-0.25, -0.2) is 0 Å². The predicted octanol–water partition coefficient (Wildman–Crippen LogP) is 1.72. The van der Waals surface area contributed by atoms with E-state index >= 15 is 0 Å². The van der Waals surface area contributed by atoms with E-state index in [0.717, 1.165) is 38.6 Å². The summed E-state index contributed by atoms with van der Waals surface area (Å²) in [4.78, 5) is 27.6. The van der Waals surface area contributed by atoms with Gasteiger partial charge in [-0.3, -0.25) is 14.5 Å². The third-order valence-corrected chi connectivity index (χ3v) is 4.61. The van der Waals surface area contributed by atoms with Gasteiger partial charge in [-0.2, -0.15) is 0 Å². The lowest BCUT2D eigenvalue weighted by Gasteiger charge is -2.37. The van der Waals surface area contributed by atoms with E-state index in [1.807, 2.05) is 9.80 Å². The van der Waals surface area contributed by atoms with Crippen molar-refractivity contribution in [3.63, 3.8) is 0 Å². The highest BCUT2D eigenvalue weighted by Gasteiger charge is 2.37. The predicted molar refractivity (Wildman–Crippen MR) is 76.5 cm³/mol. The van der Waals surface area contributed by atoms with Crippen molar-refractivity contribution in [2.75, 3.05) is 13.1 Å². The van der Waals surface area contributed by atoms with E-state index in [1.165, 1.54) is 6.42 Å². The van der Waals surface area contributed by atoms with Crippen LogP contribution in [-0.4, -0.2) is 58.0 Å². The number of amides is 1. The number of nitrogens with zero attached hydrogens (tertiary/aromatic N) is 2. The molecule has 1 aliphatic heterocycles. The number of piperidine rings is 1. The van der Waals surface area contributed by atoms with Crippen molar-refractivity contribution in [1.29, 1.82) is 0 Å². The summed E-state index contributed by atoms with van der Waals surface area (Å²) in [5.41, 5.74) is 0. The molecule has 1 N–H and O–H groups in total. The van der Waals surface area contributed by atoms with Crippen LogP contribution in [-0.2, 0) is 9.59 Å². The topological polar surface area (TPSA) is 60.9 Å². The SMILES string of the molecule is CCC1CCCCN1C(=O)CN(C1CC1)C(C)C(=O)O. The Hall–Kier alpha value is -1.10. The second-order valence-electron chi connectivity index (χ2n) is 6.06. The Morgan fingerprint density at radius 1 is 1.30 bits per heavy atom. The van der Waals surface area contributed by atoms with Gasteiger partial charge in [0, 0.05) is 18.6 Å². The molecule has 1 aliphatic carbocycles. The molecule has 2 aliphatic rings. The van der Waals surface area contributed by atoms with Crippen molar-refractivity contribution in [2.24, 2.45) is 0 Å². The molecule has 0 spiro atoms. The second kappa shape index (κ2) is 6.57. The summed E-state index contributed by atoms with van der Waals surface area (Å²) < 4.78 is 0. The van der Waals surface area contributed by atoms with Crippen LogP contribution in [0.3, 0.4) is 0 Å². The van der Waals surface area contributed by atoms with E-state index < -0.39 is 12.0 Å². The smallest absolute Gasteiger partial charge is 0.320 e. The molecular formula is C15H26N2O3. The van der Waals surface area contributed by atoms with Gasteiger partial charge in [0.05, 0.1) is 6.54 Å². The molecule has 0 bridgehead atoms. The van der Waals surface area contributed by atoms with Gasteiger partial charge < -0.3 is 10.0 Å². The zero-order chi connectivity index (χ0) is 14.7. The van der Waals surface area contributed by atoms with Crippen LogP contribution >= 0.6 is 0 Å². The van der Waals surface area contributed by atoms with Crippen molar-refractivity contribution >= 4 is 11.9 Å². The fraction of sp³-hybridized carbons (Fsp3) is 0.867. The first-order valence-electron chi connectivity index (χ1n) is 7.82. The molecule has 2 unspecified atom stereocenters. The Labute approximate surface area is 120 Å². The van der Waals surface area contributed by atoms with Crippen molar-refractivity contribution < 1.29 is 14.7 Å². The molecule has 2 rings (SSSR count). The van der Waals surface area contributed by atoms with Crippen LogP contribution in [0.4, 0.5) is 0 Å². The average molecular weight is 282 g/mol. The number of carbonyl (C=O) groups excluding carboxylic acids is 1. The van der Waals surface area contributed by atoms with Gasteiger partial charge in [0.2, 0.25) is 5.91 Å². The van der Waals surface area contributed by atoms with Crippen LogP contribution in [0.25, 0.3) is 0 Å². The number of likely N-dealkylation sites (tertiary alicyclic amines) is 1. The standard InChI is InChI=1S/C15H26N2O3/c1-3-12-6-4-5-9-16(12)14(18)10-17(13-7-8-13)11(2)15(19)20/h11-13H,3-10H2,1-2H3,(H,19,20). The number of hydrogen-bond acceptors (Lipinski definition) is 3. The highest BCUT2D eigenvalue weighted by atomic mass is 16.4. The molecule has 0 aromatic heterocycles. The summed E-state index contributed by atoms with van der Waals surface area (Å²) in [6.45, 7) is 4.89. The number of rotatable bonds is 6. The zero-order valence-corrected chi connectivity index (χ0v) is 12.5. The maximum absolute atomic E-state index is 12.5. The fourth-order valence-corrected chi connectivity index (χ4v) is 3.13. The summed E-state index contributed by atoms with van der Waals surface area (Å²) in [6.07, 6.45) is 6.37. The Balaban J connectivity index is 1.98. The molecule has 2 atom stereocenters. The lowest BCUT2D eigenvalue weighted by atomic mass is 10.00. The van der Waals surface area contributed by atoms with E-state index in [1.54, 1.807) is 6.92 Å². The van der Waals surface area contributed by atoms with Crippen LogP contribution < -0.4 is 0 Å². The Morgan fingerprint density at radius 2 is 2.00 bits per heavy atom. The summed E-state index contributed by atoms with van der Waals surface area (Å²) in [6, 6.07) is 0.0590. The van der Waals surface area contributed by atoms with Gasteiger partial charge in [0.25, 0.3) is 0 Å². The van der Waals surface area contributed by atoms with Gasteiger partial charge in [-0.05, 0) is 45.4 Å². The van der Waals surface area contributed by atoms with Gasteiger partial charge in [0.1, 0.15) is 6.04 Å². The monoisotopic (exact) mass is 282 g/mol. The van der Waals surface area contributed by atoms with Crippen LogP contribution in [0, 0.1) is 0 Å². The number of carboxylic acid groups (broad SMARTS) is 1. The fourth-order valence-electron chi connectivity index (χ4n) is 3.13. The molecule has 1 saturated carbocycles. The molecule has 1 heterocycles. The first-order valence-corrected chi connectivity index (χ1v) is 7.82. The third-order valence-electron chi connectivity index (χ3n) is 4.61. The molecule has 5 nitrogen and oxygen atoms in total. The van der Waals surface area contributed by atoms with E-state index in [9.17, 15) is 14.7 Å². The number of carbonyl (C=O) groups is 2. The number of aliphatic carboxylic acids is 1. The van der Waals surface area contributed by atoms with E-state index in [2.05, 4.69) is 6.92 Å². The maximum Gasteiger partial charge on any atom is 0.320 e. The van der Waals surface area contributed by atoms with E-state index in [0.29, 0.717) is 6.04 Å². The van der Waals surface area contributed by atoms with Gasteiger partial charge in [-0.15, -0.1) is 0 Å². The minimum absolute atomic E-state index is 0.108. The summed E-state index contributed by atoms with van der Waals surface area (Å²) >= 11 is 0. The van der Waals surface area contributed by atoms with Crippen molar-refractivity contribution in [3.05, 3.63) is 0 Å². The minimum Gasteiger partial charge on any atom is -0.480 e. The average Bonchev–Trinajstić information content (AvgIpc) is 3.28. The second-order valence-corrected chi connectivity index (χ2v) is 6.06. The Kier molecular flexibility index (Phi) is 5.02. The van der Waals surface area contributed by atoms with Crippen LogP contribution in [0.1, 0.15) is 52.4 Å². The Bertz CT molecular complexity index is 368. The van der Waals surface area contributed by atoms with E-state index in [-0.39, 0.29) is 18.5 Å². The van der Waals surface area contributed by atoms with Crippen LogP contribution in [0.2, 0.25) is 0 Å². The van der Waals surface area contributed by atoms with Gasteiger partial charge in [-0.1, -0.05) is 6.92 Å². The minimum atomic E-state index is -0.838. The quantitative estimate of drug-likeness (QED) is 0.805. The highest BCUT2D eigenvalue weighted by Crippen LogP contribution is 2.29. The number of carboxylic acids is 1. The largest absolute Gasteiger partial charge is 0.480 e. The molecule has 0 aromatic carbocycles. The molecular weight excluding hydrogens is 256 g/mol. The first-order chi connectivity index (χ1) is 9.54. The maximum atomic E-state index is 12.5. The molecule has 0 radical (unpaired) electrons. The van der Waals surface area contributed by atoms with Crippen LogP contribution in [0.15, 0.2) is 0 Å². The van der Waals surface area contributed by atoms with Gasteiger partial charge >= 0.3 is 5.97 Å². The lowest BCUT2D eigenvalue weighted by molar-refractivity contribution is -0.145. The molecule has 20 heavy (non-hydrogen) atoms. The zero-order valence-electron chi connectivity index (χ0n) is 12.5. The third kappa shape index (κ3) is 3.51. The summed E-state index contributed by atoms with van der Waals surface area (Å²) in [7, 11) is 0. The van der Waals surface area contributed by atoms with Crippen molar-refractivity contribution in [3.8, 4) is 0 Å². The molecule has 1 amide bonds. The number of hydrogen-bond donors (Lipinski definition) is 1. The summed E-state index contributed by atoms with van der Waals surface area (Å²) in [5.74, 6) is -0.730. The molecule has 0 aromatic rings. The molecule has 5 heteroatoms. The molecule has 114 valence electrons. The molecule has 1 saturated heterocycles. The Morgan fingerprint density at radius 3 is 2.55 bits per heavy atom. The normalized spacial score (nSPS) is 24.8.